The molecule has 1 rings (SSSR count). The smallest absolute Gasteiger partial charge is 0.145 e. The number of nitrogens with one attached hydrogen (secondary N) is 1. The van der Waals surface area contributed by atoms with Crippen molar-refractivity contribution >= 4 is 27.5 Å². The molecule has 0 bridgehead atoms. The van der Waals surface area contributed by atoms with Gasteiger partial charge in [0.25, 0.3) is 0 Å². The van der Waals surface area contributed by atoms with E-state index in [1.165, 1.54) is 12.1 Å². The first-order valence-electron chi connectivity index (χ1n) is 4.07. The topological polar surface area (TPSA) is 21.3 Å². The molecule has 0 aliphatic rings. The van der Waals surface area contributed by atoms with E-state index in [-0.39, 0.29) is 5.02 Å². The number of hydrogen-bond donors (Lipinski definition) is 1. The van der Waals surface area contributed by atoms with Crippen LogP contribution in [0.15, 0.2) is 16.6 Å². The van der Waals surface area contributed by atoms with Gasteiger partial charge in [0.2, 0.25) is 0 Å². The van der Waals surface area contributed by atoms with Crippen LogP contribution in [0, 0.1) is 5.82 Å². The summed E-state index contributed by atoms with van der Waals surface area (Å²) in [5.74, 6) is -0.0172. The number of ether oxygens (including phenoxy) is 1. The molecule has 0 saturated carbocycles. The third kappa shape index (κ3) is 3.12. The molecule has 78 valence electrons. The van der Waals surface area contributed by atoms with Crippen LogP contribution < -0.4 is 10.1 Å². The van der Waals surface area contributed by atoms with E-state index in [0.29, 0.717) is 23.4 Å². The van der Waals surface area contributed by atoms with Crippen LogP contribution in [0.25, 0.3) is 0 Å². The van der Waals surface area contributed by atoms with Crippen LogP contribution in [-0.4, -0.2) is 20.2 Å². The maximum atomic E-state index is 13.0. The Bertz CT molecular complexity index is 322. The van der Waals surface area contributed by atoms with Crippen molar-refractivity contribution in [1.82, 2.24) is 5.32 Å². The summed E-state index contributed by atoms with van der Waals surface area (Å²) >= 11 is 8.81. The van der Waals surface area contributed by atoms with E-state index in [2.05, 4.69) is 21.2 Å². The van der Waals surface area contributed by atoms with Gasteiger partial charge >= 0.3 is 0 Å². The van der Waals surface area contributed by atoms with Crippen molar-refractivity contribution in [1.29, 1.82) is 0 Å². The number of halogens is 3. The molecule has 0 atom stereocenters. The minimum atomic E-state index is -0.477. The van der Waals surface area contributed by atoms with Crippen LogP contribution in [0.5, 0.6) is 5.75 Å². The van der Waals surface area contributed by atoms with Crippen molar-refractivity contribution in [2.24, 2.45) is 0 Å². The molecule has 0 aliphatic heterocycles. The lowest BCUT2D eigenvalue weighted by Gasteiger charge is -2.08. The van der Waals surface area contributed by atoms with E-state index in [4.69, 9.17) is 16.3 Å². The van der Waals surface area contributed by atoms with Gasteiger partial charge in [0.05, 0.1) is 9.50 Å². The second-order valence-electron chi connectivity index (χ2n) is 2.65. The second-order valence-corrected chi connectivity index (χ2v) is 3.91. The molecule has 14 heavy (non-hydrogen) atoms. The fraction of sp³-hybridized carbons (Fsp3) is 0.333. The zero-order chi connectivity index (χ0) is 10.6. The van der Waals surface area contributed by atoms with Gasteiger partial charge in [-0.05, 0) is 29.0 Å². The summed E-state index contributed by atoms with van der Waals surface area (Å²) in [5, 5.41) is 3.00. The van der Waals surface area contributed by atoms with E-state index in [1.54, 1.807) is 0 Å². The quantitative estimate of drug-likeness (QED) is 0.677. The van der Waals surface area contributed by atoms with Crippen molar-refractivity contribution in [3.8, 4) is 5.75 Å². The van der Waals surface area contributed by atoms with Gasteiger partial charge in [0, 0.05) is 12.6 Å². The Hall–Kier alpha value is -0.320. The standard InChI is InChI=1S/C9H10BrClFNO/c1-13-2-3-14-9-5-8(12)7(11)4-6(9)10/h4-5,13H,2-3H2,1H3. The van der Waals surface area contributed by atoms with Crippen LogP contribution in [0.2, 0.25) is 5.02 Å². The lowest BCUT2D eigenvalue weighted by atomic mass is 10.3. The lowest BCUT2D eigenvalue weighted by Crippen LogP contribution is -2.16. The minimum Gasteiger partial charge on any atom is -0.491 e. The Morgan fingerprint density at radius 2 is 2.29 bits per heavy atom. The van der Waals surface area contributed by atoms with Crippen LogP contribution in [0.4, 0.5) is 4.39 Å². The van der Waals surface area contributed by atoms with Gasteiger partial charge in [-0.1, -0.05) is 11.6 Å². The largest absolute Gasteiger partial charge is 0.491 e. The number of hydrogen-bond acceptors (Lipinski definition) is 2. The average molecular weight is 283 g/mol. The minimum absolute atomic E-state index is 0.0813. The summed E-state index contributed by atoms with van der Waals surface area (Å²) in [5.41, 5.74) is 0. The first kappa shape index (κ1) is 11.8. The highest BCUT2D eigenvalue weighted by Crippen LogP contribution is 2.30. The molecule has 5 heteroatoms. The molecule has 2 nitrogen and oxygen atoms in total. The van der Waals surface area contributed by atoms with Gasteiger partial charge in [-0.25, -0.2) is 4.39 Å². The maximum absolute atomic E-state index is 13.0. The summed E-state index contributed by atoms with van der Waals surface area (Å²) in [7, 11) is 1.82. The number of benzene rings is 1. The Balaban J connectivity index is 2.72. The molecule has 1 aromatic rings. The van der Waals surface area contributed by atoms with Crippen molar-refractivity contribution in [3.63, 3.8) is 0 Å². The second kappa shape index (κ2) is 5.53. The molecule has 1 aromatic carbocycles. The SMILES string of the molecule is CNCCOc1cc(F)c(Cl)cc1Br. The van der Waals surface area contributed by atoms with Crippen molar-refractivity contribution in [2.75, 3.05) is 20.2 Å². The molecule has 0 spiro atoms. The highest BCUT2D eigenvalue weighted by atomic mass is 79.9. The molecule has 0 saturated heterocycles. The van der Waals surface area contributed by atoms with Gasteiger partial charge in [-0.3, -0.25) is 0 Å². The van der Waals surface area contributed by atoms with E-state index in [0.717, 1.165) is 0 Å². The first-order chi connectivity index (χ1) is 6.65. The Morgan fingerprint density at radius 1 is 1.57 bits per heavy atom. The van der Waals surface area contributed by atoms with Crippen molar-refractivity contribution in [3.05, 3.63) is 27.4 Å². The third-order valence-electron chi connectivity index (χ3n) is 1.58. The fourth-order valence-electron chi connectivity index (χ4n) is 0.878. The maximum Gasteiger partial charge on any atom is 0.145 e. The molecule has 1 N–H and O–H groups in total. The molecular weight excluding hydrogens is 272 g/mol. The predicted octanol–water partition coefficient (Wildman–Crippen LogP) is 2.84. The number of likely N-dealkylation sites (N-methyl/N-ethyl adjacent to an activating group) is 1. The van der Waals surface area contributed by atoms with Gasteiger partial charge in [-0.2, -0.15) is 0 Å². The molecule has 0 amide bonds. The van der Waals surface area contributed by atoms with E-state index in [1.807, 2.05) is 7.05 Å². The molecule has 0 radical (unpaired) electrons. The van der Waals surface area contributed by atoms with Crippen LogP contribution in [0.1, 0.15) is 0 Å². The summed E-state index contributed by atoms with van der Waals surface area (Å²) in [6.07, 6.45) is 0. The Morgan fingerprint density at radius 3 is 2.93 bits per heavy atom. The van der Waals surface area contributed by atoms with E-state index >= 15 is 0 Å². The normalized spacial score (nSPS) is 10.3. The monoisotopic (exact) mass is 281 g/mol. The van der Waals surface area contributed by atoms with Crippen molar-refractivity contribution in [2.45, 2.75) is 0 Å². The summed E-state index contributed by atoms with van der Waals surface area (Å²) < 4.78 is 19.0. The zero-order valence-corrected chi connectivity index (χ0v) is 9.95. The van der Waals surface area contributed by atoms with Crippen LogP contribution >= 0.6 is 27.5 Å². The molecule has 0 unspecified atom stereocenters. The molecule has 0 heterocycles. The van der Waals surface area contributed by atoms with Crippen LogP contribution in [-0.2, 0) is 0 Å². The highest BCUT2D eigenvalue weighted by molar-refractivity contribution is 9.10. The Labute approximate surface area is 95.5 Å². The molecular formula is C9H10BrClFNO. The number of rotatable bonds is 4. The van der Waals surface area contributed by atoms with Crippen molar-refractivity contribution < 1.29 is 9.13 Å². The van der Waals surface area contributed by atoms with Gasteiger partial charge in [-0.15, -0.1) is 0 Å². The average Bonchev–Trinajstić information content (AvgIpc) is 2.14. The van der Waals surface area contributed by atoms with Gasteiger partial charge in [0.15, 0.2) is 0 Å². The van der Waals surface area contributed by atoms with Gasteiger partial charge in [0.1, 0.15) is 18.2 Å². The zero-order valence-electron chi connectivity index (χ0n) is 7.61. The highest BCUT2D eigenvalue weighted by Gasteiger charge is 2.07. The fourth-order valence-corrected chi connectivity index (χ4v) is 1.63. The Kier molecular flexibility index (Phi) is 4.65. The summed E-state index contributed by atoms with van der Waals surface area (Å²) in [4.78, 5) is 0. The van der Waals surface area contributed by atoms with Gasteiger partial charge < -0.3 is 10.1 Å². The predicted molar refractivity (Wildman–Crippen MR) is 58.5 cm³/mol. The summed E-state index contributed by atoms with van der Waals surface area (Å²) in [6, 6.07) is 2.74. The third-order valence-corrected chi connectivity index (χ3v) is 2.49. The van der Waals surface area contributed by atoms with E-state index < -0.39 is 5.82 Å². The summed E-state index contributed by atoms with van der Waals surface area (Å²) in [6.45, 7) is 1.19. The van der Waals surface area contributed by atoms with Crippen LogP contribution in [0.3, 0.4) is 0 Å². The molecule has 0 aromatic heterocycles. The van der Waals surface area contributed by atoms with E-state index in [9.17, 15) is 4.39 Å². The lowest BCUT2D eigenvalue weighted by molar-refractivity contribution is 0.315. The molecule has 0 aliphatic carbocycles. The molecule has 0 fully saturated rings. The first-order valence-corrected chi connectivity index (χ1v) is 5.24.